The summed E-state index contributed by atoms with van der Waals surface area (Å²) in [6, 6.07) is 9.80. The molecule has 0 spiro atoms. The van der Waals surface area contributed by atoms with Crippen molar-refractivity contribution in [3.05, 3.63) is 58.4 Å². The zero-order valence-electron chi connectivity index (χ0n) is 12.8. The minimum absolute atomic E-state index is 0.160. The molecule has 2 aromatic rings. The van der Waals surface area contributed by atoms with Gasteiger partial charge >= 0.3 is 0 Å². The van der Waals surface area contributed by atoms with Gasteiger partial charge in [-0.3, -0.25) is 0 Å². The number of halogens is 1. The first-order chi connectivity index (χ1) is 9.43. The maximum Gasteiger partial charge on any atom is 0.131 e. The molecule has 1 atom stereocenters. The van der Waals surface area contributed by atoms with Crippen LogP contribution in [0.2, 0.25) is 0 Å². The minimum atomic E-state index is -0.160. The average molecular weight is 271 g/mol. The standard InChI is InChI=1S/C18H22FN/c1-11-8-12(2)18(13(3)9-11)16-10-15(14(4)20-5)6-7-17(16)19/h6-10,14,20H,1-5H3. The fourth-order valence-corrected chi connectivity index (χ4v) is 2.78. The maximum atomic E-state index is 14.3. The molecule has 0 heterocycles. The van der Waals surface area contributed by atoms with E-state index in [1.165, 1.54) is 5.56 Å². The number of benzene rings is 2. The number of aryl methyl sites for hydroxylation is 3. The predicted octanol–water partition coefficient (Wildman–Crippen LogP) is 4.70. The third-order valence-corrected chi connectivity index (χ3v) is 3.87. The van der Waals surface area contributed by atoms with Gasteiger partial charge in [0.25, 0.3) is 0 Å². The molecular formula is C18H22FN. The molecule has 0 saturated heterocycles. The molecule has 0 radical (unpaired) electrons. The lowest BCUT2D eigenvalue weighted by Gasteiger charge is -2.16. The van der Waals surface area contributed by atoms with E-state index >= 15 is 0 Å². The van der Waals surface area contributed by atoms with Crippen LogP contribution in [0.3, 0.4) is 0 Å². The highest BCUT2D eigenvalue weighted by Gasteiger charge is 2.13. The van der Waals surface area contributed by atoms with Crippen LogP contribution in [0.1, 0.15) is 35.2 Å². The molecule has 20 heavy (non-hydrogen) atoms. The van der Waals surface area contributed by atoms with Crippen molar-refractivity contribution in [2.45, 2.75) is 33.7 Å². The van der Waals surface area contributed by atoms with E-state index in [0.717, 1.165) is 22.3 Å². The summed E-state index contributed by atoms with van der Waals surface area (Å²) in [6.45, 7) is 8.23. The van der Waals surface area contributed by atoms with Gasteiger partial charge in [-0.2, -0.15) is 0 Å². The van der Waals surface area contributed by atoms with E-state index in [1.54, 1.807) is 6.07 Å². The molecule has 106 valence electrons. The van der Waals surface area contributed by atoms with E-state index in [0.29, 0.717) is 5.56 Å². The highest BCUT2D eigenvalue weighted by Crippen LogP contribution is 2.32. The summed E-state index contributed by atoms with van der Waals surface area (Å²) < 4.78 is 14.3. The van der Waals surface area contributed by atoms with E-state index in [1.807, 2.05) is 33.0 Å². The molecule has 0 saturated carbocycles. The van der Waals surface area contributed by atoms with E-state index in [9.17, 15) is 4.39 Å². The van der Waals surface area contributed by atoms with Crippen LogP contribution in [0, 0.1) is 26.6 Å². The van der Waals surface area contributed by atoms with Gasteiger partial charge in [0.2, 0.25) is 0 Å². The second-order valence-electron chi connectivity index (χ2n) is 5.52. The van der Waals surface area contributed by atoms with Gasteiger partial charge in [-0.05, 0) is 69.1 Å². The summed E-state index contributed by atoms with van der Waals surface area (Å²) in [5.41, 5.74) is 6.26. The van der Waals surface area contributed by atoms with Crippen molar-refractivity contribution < 1.29 is 4.39 Å². The van der Waals surface area contributed by atoms with Crippen LogP contribution in [0.25, 0.3) is 11.1 Å². The Morgan fingerprint density at radius 1 is 1.00 bits per heavy atom. The monoisotopic (exact) mass is 271 g/mol. The predicted molar refractivity (Wildman–Crippen MR) is 83.5 cm³/mol. The second kappa shape index (κ2) is 5.76. The average Bonchev–Trinajstić information content (AvgIpc) is 2.38. The van der Waals surface area contributed by atoms with E-state index in [-0.39, 0.29) is 11.9 Å². The Kier molecular flexibility index (Phi) is 4.24. The largest absolute Gasteiger partial charge is 0.313 e. The molecule has 1 nitrogen and oxygen atoms in total. The second-order valence-corrected chi connectivity index (χ2v) is 5.52. The van der Waals surface area contributed by atoms with Crippen LogP contribution in [0.15, 0.2) is 30.3 Å². The molecule has 0 aliphatic carbocycles. The molecule has 1 unspecified atom stereocenters. The molecular weight excluding hydrogens is 249 g/mol. The first-order valence-corrected chi connectivity index (χ1v) is 6.99. The minimum Gasteiger partial charge on any atom is -0.313 e. The number of hydrogen-bond donors (Lipinski definition) is 1. The normalized spacial score (nSPS) is 12.5. The third-order valence-electron chi connectivity index (χ3n) is 3.87. The zero-order valence-corrected chi connectivity index (χ0v) is 12.8. The molecule has 1 N–H and O–H groups in total. The van der Waals surface area contributed by atoms with Gasteiger partial charge in [0.05, 0.1) is 0 Å². The molecule has 0 aliphatic heterocycles. The summed E-state index contributed by atoms with van der Waals surface area (Å²) >= 11 is 0. The molecule has 2 heteroatoms. The van der Waals surface area contributed by atoms with Gasteiger partial charge in [-0.25, -0.2) is 4.39 Å². The van der Waals surface area contributed by atoms with Crippen LogP contribution in [-0.2, 0) is 0 Å². The smallest absolute Gasteiger partial charge is 0.131 e. The molecule has 2 aromatic carbocycles. The fourth-order valence-electron chi connectivity index (χ4n) is 2.78. The molecule has 0 aliphatic rings. The lowest BCUT2D eigenvalue weighted by atomic mass is 9.91. The molecule has 0 amide bonds. The fraction of sp³-hybridized carbons (Fsp3) is 0.333. The van der Waals surface area contributed by atoms with Crippen molar-refractivity contribution in [3.8, 4) is 11.1 Å². The Morgan fingerprint density at radius 3 is 2.15 bits per heavy atom. The highest BCUT2D eigenvalue weighted by molar-refractivity contribution is 5.72. The van der Waals surface area contributed by atoms with Crippen molar-refractivity contribution in [3.63, 3.8) is 0 Å². The van der Waals surface area contributed by atoms with Gasteiger partial charge in [-0.1, -0.05) is 23.8 Å². The van der Waals surface area contributed by atoms with E-state index in [2.05, 4.69) is 31.3 Å². The summed E-state index contributed by atoms with van der Waals surface area (Å²) in [5, 5.41) is 3.20. The first kappa shape index (κ1) is 14.7. The number of hydrogen-bond acceptors (Lipinski definition) is 1. The molecule has 0 fully saturated rings. The van der Waals surface area contributed by atoms with Crippen molar-refractivity contribution in [1.29, 1.82) is 0 Å². The van der Waals surface area contributed by atoms with Crippen LogP contribution < -0.4 is 5.32 Å². The molecule has 0 bridgehead atoms. The quantitative estimate of drug-likeness (QED) is 0.853. The van der Waals surface area contributed by atoms with E-state index < -0.39 is 0 Å². The Hall–Kier alpha value is -1.67. The van der Waals surface area contributed by atoms with Gasteiger partial charge in [0.15, 0.2) is 0 Å². The van der Waals surface area contributed by atoms with Gasteiger partial charge in [0, 0.05) is 11.6 Å². The number of rotatable bonds is 3. The van der Waals surface area contributed by atoms with Crippen molar-refractivity contribution in [2.75, 3.05) is 7.05 Å². The van der Waals surface area contributed by atoms with Crippen LogP contribution in [0.4, 0.5) is 4.39 Å². The Labute approximate surface area is 120 Å². The summed E-state index contributed by atoms with van der Waals surface area (Å²) in [6.07, 6.45) is 0. The van der Waals surface area contributed by atoms with Crippen molar-refractivity contribution in [2.24, 2.45) is 0 Å². The van der Waals surface area contributed by atoms with Gasteiger partial charge in [0.1, 0.15) is 5.82 Å². The SMILES string of the molecule is CNC(C)c1ccc(F)c(-c2c(C)cc(C)cc2C)c1. The Morgan fingerprint density at radius 2 is 1.60 bits per heavy atom. The first-order valence-electron chi connectivity index (χ1n) is 6.99. The van der Waals surface area contributed by atoms with Gasteiger partial charge in [-0.15, -0.1) is 0 Å². The molecule has 0 aromatic heterocycles. The third kappa shape index (κ3) is 2.75. The lowest BCUT2D eigenvalue weighted by Crippen LogP contribution is -2.12. The van der Waals surface area contributed by atoms with Crippen LogP contribution >= 0.6 is 0 Å². The number of nitrogens with one attached hydrogen (secondary N) is 1. The molecule has 2 rings (SSSR count). The van der Waals surface area contributed by atoms with Crippen molar-refractivity contribution in [1.82, 2.24) is 5.32 Å². The highest BCUT2D eigenvalue weighted by atomic mass is 19.1. The topological polar surface area (TPSA) is 12.0 Å². The Balaban J connectivity index is 2.63. The Bertz CT molecular complexity index is 608. The van der Waals surface area contributed by atoms with Gasteiger partial charge < -0.3 is 5.32 Å². The summed E-state index contributed by atoms with van der Waals surface area (Å²) in [4.78, 5) is 0. The van der Waals surface area contributed by atoms with Crippen LogP contribution in [-0.4, -0.2) is 7.05 Å². The summed E-state index contributed by atoms with van der Waals surface area (Å²) in [7, 11) is 1.91. The van der Waals surface area contributed by atoms with Crippen molar-refractivity contribution >= 4 is 0 Å². The van der Waals surface area contributed by atoms with E-state index in [4.69, 9.17) is 0 Å². The lowest BCUT2D eigenvalue weighted by molar-refractivity contribution is 0.622. The zero-order chi connectivity index (χ0) is 14.9. The van der Waals surface area contributed by atoms with Crippen LogP contribution in [0.5, 0.6) is 0 Å². The summed E-state index contributed by atoms with van der Waals surface area (Å²) in [5.74, 6) is -0.160. The maximum absolute atomic E-state index is 14.3.